The van der Waals surface area contributed by atoms with E-state index >= 15 is 0 Å². The highest BCUT2D eigenvalue weighted by molar-refractivity contribution is 6.43. The Hall–Kier alpha value is -3.81. The third-order valence-corrected chi connectivity index (χ3v) is 9.26. The number of unbranched alkanes of at least 4 members (excludes halogenated alkanes) is 2. The number of carbonyl (C=O) groups excluding carboxylic acids is 2. The topological polar surface area (TPSA) is 67.7 Å². The van der Waals surface area contributed by atoms with Crippen LogP contribution in [0.2, 0.25) is 10.0 Å². The molecule has 4 aromatic rings. The minimum Gasteiger partial charge on any atom is -0.481 e. The van der Waals surface area contributed by atoms with E-state index in [4.69, 9.17) is 33.0 Å². The molecule has 1 aliphatic heterocycles. The summed E-state index contributed by atoms with van der Waals surface area (Å²) in [6, 6.07) is 20.9. The second-order valence-corrected chi connectivity index (χ2v) is 12.4. The van der Waals surface area contributed by atoms with Gasteiger partial charge in [0.2, 0.25) is 5.88 Å². The van der Waals surface area contributed by atoms with Gasteiger partial charge in [0.1, 0.15) is 0 Å². The lowest BCUT2D eigenvalue weighted by Crippen LogP contribution is -2.43. The molecule has 0 spiro atoms. The van der Waals surface area contributed by atoms with Crippen molar-refractivity contribution in [2.45, 2.75) is 65.5 Å². The summed E-state index contributed by atoms with van der Waals surface area (Å²) in [5.74, 6) is 0.0688. The zero-order valence-electron chi connectivity index (χ0n) is 26.4. The van der Waals surface area contributed by atoms with E-state index in [-0.39, 0.29) is 23.6 Å². The van der Waals surface area contributed by atoms with Gasteiger partial charge in [0.05, 0.1) is 28.4 Å². The summed E-state index contributed by atoms with van der Waals surface area (Å²) in [6.45, 7) is 8.11. The highest BCUT2D eigenvalue weighted by Crippen LogP contribution is 2.36. The first-order chi connectivity index (χ1) is 21.8. The molecule has 1 atom stereocenters. The summed E-state index contributed by atoms with van der Waals surface area (Å²) in [5, 5.41) is 5.59. The molecule has 1 aromatic heterocycles. The summed E-state index contributed by atoms with van der Waals surface area (Å²) >= 11 is 13.0. The third kappa shape index (κ3) is 6.90. The van der Waals surface area contributed by atoms with Crippen LogP contribution in [0.1, 0.15) is 78.4 Å². The van der Waals surface area contributed by atoms with Crippen molar-refractivity contribution >= 4 is 35.0 Å². The standard InChI is InChI=1S/C36H40Cl2N4O3/c1-5-7-18-40(19-8-6-2)36(44)31-22-33(45-4)42(39-31)32-17-16-26(28-14-11-15-30(37)34(28)38)21-29(32)35(43)41-23-27-13-10-9-12-25(27)20-24(41)3/h9-17,21-22,24H,5-8,18-20,23H2,1-4H3. The minimum atomic E-state index is -0.148. The molecule has 5 rings (SSSR count). The number of nitrogens with zero attached hydrogens (tertiary/aromatic N) is 4. The minimum absolute atomic E-state index is 0.0268. The van der Waals surface area contributed by atoms with E-state index < -0.39 is 0 Å². The molecular formula is C36H40Cl2N4O3. The molecule has 1 aliphatic rings. The number of aromatic nitrogens is 2. The van der Waals surface area contributed by atoms with Crippen molar-refractivity contribution in [1.82, 2.24) is 19.6 Å². The summed E-state index contributed by atoms with van der Waals surface area (Å²) < 4.78 is 7.30. The van der Waals surface area contributed by atoms with Crippen LogP contribution >= 0.6 is 23.2 Å². The normalized spacial score (nSPS) is 14.3. The number of hydrogen-bond acceptors (Lipinski definition) is 4. The summed E-state index contributed by atoms with van der Waals surface area (Å²) in [6.07, 6.45) is 4.56. The van der Waals surface area contributed by atoms with Crippen molar-refractivity contribution in [3.8, 4) is 22.7 Å². The maximum atomic E-state index is 14.5. The van der Waals surface area contributed by atoms with E-state index in [0.717, 1.165) is 43.2 Å². The van der Waals surface area contributed by atoms with Crippen LogP contribution < -0.4 is 4.74 Å². The maximum Gasteiger partial charge on any atom is 0.274 e. The van der Waals surface area contributed by atoms with E-state index in [1.807, 2.05) is 52.3 Å². The van der Waals surface area contributed by atoms with Gasteiger partial charge in [0.15, 0.2) is 5.69 Å². The lowest BCUT2D eigenvalue weighted by Gasteiger charge is -2.35. The Bertz CT molecular complexity index is 1680. The van der Waals surface area contributed by atoms with Gasteiger partial charge in [-0.15, -0.1) is 0 Å². The Balaban J connectivity index is 1.61. The predicted octanol–water partition coefficient (Wildman–Crippen LogP) is 8.48. The summed E-state index contributed by atoms with van der Waals surface area (Å²) in [5.41, 5.74) is 5.05. The average molecular weight is 648 g/mol. The van der Waals surface area contributed by atoms with Crippen molar-refractivity contribution in [2.24, 2.45) is 0 Å². The number of carbonyl (C=O) groups is 2. The van der Waals surface area contributed by atoms with Crippen LogP contribution in [0.5, 0.6) is 5.88 Å². The maximum absolute atomic E-state index is 14.5. The largest absolute Gasteiger partial charge is 0.481 e. The van der Waals surface area contributed by atoms with E-state index in [9.17, 15) is 9.59 Å². The molecule has 2 heterocycles. The molecule has 9 heteroatoms. The van der Waals surface area contributed by atoms with Crippen molar-refractivity contribution in [1.29, 1.82) is 0 Å². The fraction of sp³-hybridized carbons (Fsp3) is 0.361. The van der Waals surface area contributed by atoms with E-state index in [2.05, 4.69) is 32.9 Å². The van der Waals surface area contributed by atoms with Crippen molar-refractivity contribution in [3.05, 3.63) is 99.2 Å². The van der Waals surface area contributed by atoms with Crippen LogP contribution in [-0.4, -0.2) is 57.6 Å². The number of halogens is 2. The van der Waals surface area contributed by atoms with Gasteiger partial charge in [-0.05, 0) is 61.1 Å². The number of ether oxygens (including phenoxy) is 1. The van der Waals surface area contributed by atoms with Gasteiger partial charge < -0.3 is 14.5 Å². The molecule has 236 valence electrons. The van der Waals surface area contributed by atoms with Crippen LogP contribution in [0, 0.1) is 0 Å². The Morgan fingerprint density at radius 3 is 2.36 bits per heavy atom. The van der Waals surface area contributed by atoms with Gasteiger partial charge in [-0.2, -0.15) is 9.78 Å². The molecule has 45 heavy (non-hydrogen) atoms. The molecule has 7 nitrogen and oxygen atoms in total. The fourth-order valence-electron chi connectivity index (χ4n) is 5.85. The zero-order chi connectivity index (χ0) is 32.1. The van der Waals surface area contributed by atoms with Gasteiger partial charge in [0, 0.05) is 37.3 Å². The summed E-state index contributed by atoms with van der Waals surface area (Å²) in [4.78, 5) is 32.0. The Kier molecular flexibility index (Phi) is 10.5. The van der Waals surface area contributed by atoms with Crippen LogP contribution in [0.25, 0.3) is 16.8 Å². The van der Waals surface area contributed by atoms with Crippen LogP contribution in [0.15, 0.2) is 66.7 Å². The Morgan fingerprint density at radius 1 is 0.956 bits per heavy atom. The molecule has 3 aromatic carbocycles. The molecule has 0 saturated heterocycles. The van der Waals surface area contributed by atoms with E-state index in [0.29, 0.717) is 52.4 Å². The first-order valence-corrected chi connectivity index (χ1v) is 16.4. The van der Waals surface area contributed by atoms with E-state index in [1.54, 1.807) is 23.9 Å². The molecule has 0 fully saturated rings. The number of methoxy groups -OCH3 is 1. The first kappa shape index (κ1) is 32.6. The molecule has 0 aliphatic carbocycles. The number of fused-ring (bicyclic) bond motifs is 1. The fourth-order valence-corrected chi connectivity index (χ4v) is 6.26. The molecular weight excluding hydrogens is 607 g/mol. The predicted molar refractivity (Wildman–Crippen MR) is 181 cm³/mol. The lowest BCUT2D eigenvalue weighted by atomic mass is 9.93. The van der Waals surface area contributed by atoms with Gasteiger partial charge in [-0.25, -0.2) is 0 Å². The molecule has 0 saturated carbocycles. The number of benzene rings is 3. The van der Waals surface area contributed by atoms with Crippen LogP contribution in [0.4, 0.5) is 0 Å². The highest BCUT2D eigenvalue weighted by Gasteiger charge is 2.31. The average Bonchev–Trinajstić information content (AvgIpc) is 3.49. The van der Waals surface area contributed by atoms with E-state index in [1.165, 1.54) is 5.56 Å². The van der Waals surface area contributed by atoms with Crippen molar-refractivity contribution < 1.29 is 14.3 Å². The monoisotopic (exact) mass is 646 g/mol. The second kappa shape index (κ2) is 14.5. The zero-order valence-corrected chi connectivity index (χ0v) is 27.9. The SMILES string of the molecule is CCCCN(CCCC)C(=O)c1cc(OC)n(-c2ccc(-c3cccc(Cl)c3Cl)cc2C(=O)N2Cc3ccccc3CC2C)n1. The van der Waals surface area contributed by atoms with Gasteiger partial charge >= 0.3 is 0 Å². The molecule has 0 radical (unpaired) electrons. The molecule has 0 N–H and O–H groups in total. The first-order valence-electron chi connectivity index (χ1n) is 15.7. The second-order valence-electron chi connectivity index (χ2n) is 11.6. The third-order valence-electron chi connectivity index (χ3n) is 8.44. The van der Waals surface area contributed by atoms with Gasteiger partial charge in [-0.1, -0.05) is 92.4 Å². The van der Waals surface area contributed by atoms with Crippen molar-refractivity contribution in [3.63, 3.8) is 0 Å². The lowest BCUT2D eigenvalue weighted by molar-refractivity contribution is 0.0657. The Labute approximate surface area is 275 Å². The highest BCUT2D eigenvalue weighted by atomic mass is 35.5. The molecule has 1 unspecified atom stereocenters. The quantitative estimate of drug-likeness (QED) is 0.164. The Morgan fingerprint density at radius 2 is 1.67 bits per heavy atom. The molecule has 2 amide bonds. The van der Waals surface area contributed by atoms with Crippen molar-refractivity contribution in [2.75, 3.05) is 20.2 Å². The summed E-state index contributed by atoms with van der Waals surface area (Å²) in [7, 11) is 1.54. The molecule has 0 bridgehead atoms. The smallest absolute Gasteiger partial charge is 0.274 e. The number of amides is 2. The van der Waals surface area contributed by atoms with Crippen LogP contribution in [0.3, 0.4) is 0 Å². The number of rotatable bonds is 11. The van der Waals surface area contributed by atoms with Crippen LogP contribution in [-0.2, 0) is 13.0 Å². The van der Waals surface area contributed by atoms with Gasteiger partial charge in [-0.3, -0.25) is 9.59 Å². The van der Waals surface area contributed by atoms with Gasteiger partial charge in [0.25, 0.3) is 11.8 Å². The number of hydrogen-bond donors (Lipinski definition) is 0.